The quantitative estimate of drug-likeness (QED) is 0.0937. The maximum absolute atomic E-state index is 15.1. The van der Waals surface area contributed by atoms with Crippen LogP contribution in [0.15, 0.2) is 116 Å². The number of nitrogens with one attached hydrogen (secondary N) is 3. The molecule has 4 aromatic rings. The van der Waals surface area contributed by atoms with Gasteiger partial charge in [-0.3, -0.25) is 19.3 Å². The van der Waals surface area contributed by atoms with Gasteiger partial charge in [0.25, 0.3) is 0 Å². The summed E-state index contributed by atoms with van der Waals surface area (Å²) < 4.78 is 12.3. The molecule has 0 bridgehead atoms. The number of benzene rings is 4. The second-order valence-electron chi connectivity index (χ2n) is 13.2. The van der Waals surface area contributed by atoms with Crippen molar-refractivity contribution < 1.29 is 33.8 Å². The molecule has 6 unspecified atom stereocenters. The summed E-state index contributed by atoms with van der Waals surface area (Å²) in [6.45, 7) is 3.66. The molecule has 3 heterocycles. The van der Waals surface area contributed by atoms with Crippen molar-refractivity contribution in [3.05, 3.63) is 144 Å². The SMILES string of the molecule is C=CCNC(=O)C1C2C(=O)OC(c3ccccc3)C(c3ccccc3)N2C(c2cccc(OCCO)c2)C12C(=O)Nc1ccc(C#CCNC(N)=O)cc12. The first-order valence-electron chi connectivity index (χ1n) is 17.6. The number of anilines is 1. The number of fused-ring (bicyclic) bond motifs is 3. The van der Waals surface area contributed by atoms with E-state index >= 15 is 4.79 Å². The zero-order chi connectivity index (χ0) is 37.8. The number of carbonyl (C=O) groups is 4. The number of ether oxygens (including phenoxy) is 2. The predicted octanol–water partition coefficient (Wildman–Crippen LogP) is 3.65. The van der Waals surface area contributed by atoms with Gasteiger partial charge in [0, 0.05) is 17.8 Å². The third kappa shape index (κ3) is 6.33. The van der Waals surface area contributed by atoms with E-state index in [1.54, 1.807) is 36.4 Å². The Bertz CT molecular complexity index is 2150. The van der Waals surface area contributed by atoms with Crippen molar-refractivity contribution in [1.29, 1.82) is 0 Å². The second kappa shape index (κ2) is 15.3. The molecule has 2 fully saturated rings. The fourth-order valence-corrected chi connectivity index (χ4v) is 8.17. The lowest BCUT2D eigenvalue weighted by atomic mass is 9.65. The molecule has 12 heteroatoms. The van der Waals surface area contributed by atoms with Gasteiger partial charge >= 0.3 is 12.0 Å². The number of amides is 4. The molecule has 4 aromatic carbocycles. The maximum Gasteiger partial charge on any atom is 0.324 e. The van der Waals surface area contributed by atoms with Crippen molar-refractivity contribution >= 4 is 29.5 Å². The van der Waals surface area contributed by atoms with Crippen molar-refractivity contribution in [3.8, 4) is 17.6 Å². The first-order valence-corrected chi connectivity index (χ1v) is 17.6. The van der Waals surface area contributed by atoms with Crippen molar-refractivity contribution in [3.63, 3.8) is 0 Å². The van der Waals surface area contributed by atoms with Crippen LogP contribution in [0.25, 0.3) is 0 Å². The van der Waals surface area contributed by atoms with E-state index in [1.165, 1.54) is 6.08 Å². The Morgan fingerprint density at radius 2 is 1.67 bits per heavy atom. The van der Waals surface area contributed by atoms with E-state index in [1.807, 2.05) is 71.6 Å². The van der Waals surface area contributed by atoms with E-state index in [4.69, 9.17) is 15.2 Å². The predicted molar refractivity (Wildman–Crippen MR) is 200 cm³/mol. The molecule has 2 saturated heterocycles. The molecule has 1 spiro atoms. The van der Waals surface area contributed by atoms with E-state index < -0.39 is 59.4 Å². The van der Waals surface area contributed by atoms with Crippen LogP contribution in [-0.2, 0) is 24.5 Å². The number of nitrogens with zero attached hydrogens (tertiary/aromatic N) is 1. The van der Waals surface area contributed by atoms with Gasteiger partial charge in [-0.1, -0.05) is 90.7 Å². The van der Waals surface area contributed by atoms with E-state index in [2.05, 4.69) is 34.4 Å². The molecule has 0 radical (unpaired) electrons. The summed E-state index contributed by atoms with van der Waals surface area (Å²) in [4.78, 5) is 57.9. The molecular formula is C42H39N5O7. The number of cyclic esters (lactones) is 1. The molecule has 0 saturated carbocycles. The van der Waals surface area contributed by atoms with Crippen LogP contribution in [-0.4, -0.2) is 66.2 Å². The molecule has 12 nitrogen and oxygen atoms in total. The zero-order valence-electron chi connectivity index (χ0n) is 29.2. The topological polar surface area (TPSA) is 172 Å². The summed E-state index contributed by atoms with van der Waals surface area (Å²) in [6.07, 6.45) is 0.713. The minimum atomic E-state index is -1.72. The Morgan fingerprint density at radius 1 is 0.944 bits per heavy atom. The Labute approximate surface area is 312 Å². The number of urea groups is 1. The van der Waals surface area contributed by atoms with Gasteiger partial charge in [0.05, 0.1) is 31.2 Å². The van der Waals surface area contributed by atoms with Gasteiger partial charge in [-0.05, 0) is 52.6 Å². The van der Waals surface area contributed by atoms with E-state index in [9.17, 15) is 19.5 Å². The van der Waals surface area contributed by atoms with E-state index in [0.717, 1.165) is 11.1 Å². The summed E-state index contributed by atoms with van der Waals surface area (Å²) >= 11 is 0. The van der Waals surface area contributed by atoms with Gasteiger partial charge in [-0.25, -0.2) is 4.79 Å². The van der Waals surface area contributed by atoms with Crippen LogP contribution < -0.4 is 26.4 Å². The monoisotopic (exact) mass is 725 g/mol. The molecule has 274 valence electrons. The average Bonchev–Trinajstić information content (AvgIpc) is 3.67. The lowest BCUT2D eigenvalue weighted by Gasteiger charge is -2.46. The summed E-state index contributed by atoms with van der Waals surface area (Å²) in [6, 6.07) is 27.8. The van der Waals surface area contributed by atoms with Gasteiger partial charge in [-0.2, -0.15) is 0 Å². The number of aliphatic hydroxyl groups is 1. The molecule has 0 aliphatic carbocycles. The molecule has 7 rings (SSSR count). The number of hydrogen-bond donors (Lipinski definition) is 5. The Hall–Kier alpha value is -6.42. The van der Waals surface area contributed by atoms with Crippen molar-refractivity contribution in [2.24, 2.45) is 11.7 Å². The first-order chi connectivity index (χ1) is 26.3. The van der Waals surface area contributed by atoms with Crippen LogP contribution in [0, 0.1) is 17.8 Å². The van der Waals surface area contributed by atoms with Crippen molar-refractivity contribution in [1.82, 2.24) is 15.5 Å². The third-order valence-corrected chi connectivity index (χ3v) is 10.1. The highest BCUT2D eigenvalue weighted by Gasteiger charge is 2.74. The first kappa shape index (κ1) is 36.0. The van der Waals surface area contributed by atoms with Gasteiger partial charge in [0.15, 0.2) is 0 Å². The average molecular weight is 726 g/mol. The molecule has 4 amide bonds. The number of hydrogen-bond acceptors (Lipinski definition) is 8. The number of nitrogens with two attached hydrogens (primary N) is 1. The lowest BCUT2D eigenvalue weighted by molar-refractivity contribution is -0.178. The summed E-state index contributed by atoms with van der Waals surface area (Å²) in [7, 11) is 0. The van der Waals surface area contributed by atoms with Crippen LogP contribution in [0.1, 0.15) is 46.0 Å². The minimum Gasteiger partial charge on any atom is -0.491 e. The fraction of sp³-hybridized carbons (Fsp3) is 0.238. The van der Waals surface area contributed by atoms with E-state index in [-0.39, 0.29) is 26.3 Å². The van der Waals surface area contributed by atoms with Gasteiger partial charge in [-0.15, -0.1) is 6.58 Å². The Kier molecular flexibility index (Phi) is 10.2. The molecule has 3 aliphatic rings. The number of primary amides is 1. The van der Waals surface area contributed by atoms with Crippen LogP contribution in [0.4, 0.5) is 10.5 Å². The van der Waals surface area contributed by atoms with Crippen LogP contribution in [0.2, 0.25) is 0 Å². The molecule has 54 heavy (non-hydrogen) atoms. The lowest BCUT2D eigenvalue weighted by Crippen LogP contribution is -2.54. The van der Waals surface area contributed by atoms with Gasteiger partial charge < -0.3 is 36.3 Å². The summed E-state index contributed by atoms with van der Waals surface area (Å²) in [5, 5.41) is 18.0. The standard InChI is InChI=1S/C42H39N5O7/c1-2-20-44-38(49)33-35-39(50)54-36(28-14-7-4-8-15-28)34(27-12-5-3-6-13-27)47(35)37(29-16-9-17-30(25-29)53-23-22-48)42(33)31-24-26(11-10-21-45-41(43)52)18-19-32(31)46-40(42)51/h2-9,12-19,24-25,33-37,48H,1,20-23H2,(H,44,49)(H,46,51)(H3,43,45,52). The molecule has 0 aromatic heterocycles. The van der Waals surface area contributed by atoms with Crippen LogP contribution in [0.5, 0.6) is 5.75 Å². The molecular weight excluding hydrogens is 686 g/mol. The smallest absolute Gasteiger partial charge is 0.324 e. The van der Waals surface area contributed by atoms with Gasteiger partial charge in [0.2, 0.25) is 11.8 Å². The minimum absolute atomic E-state index is 0.00803. The van der Waals surface area contributed by atoms with Crippen molar-refractivity contribution in [2.45, 2.75) is 29.6 Å². The Morgan fingerprint density at radius 3 is 2.37 bits per heavy atom. The summed E-state index contributed by atoms with van der Waals surface area (Å²) in [5.41, 5.74) is 7.09. The van der Waals surface area contributed by atoms with E-state index in [0.29, 0.717) is 28.1 Å². The third-order valence-electron chi connectivity index (χ3n) is 10.1. The second-order valence-corrected chi connectivity index (χ2v) is 13.2. The number of rotatable bonds is 10. The number of morpholine rings is 1. The normalized spacial score (nSPS) is 23.9. The molecule has 3 aliphatic heterocycles. The maximum atomic E-state index is 15.1. The highest BCUT2D eigenvalue weighted by molar-refractivity contribution is 6.12. The zero-order valence-corrected chi connectivity index (χ0v) is 29.2. The molecule has 6 atom stereocenters. The van der Waals surface area contributed by atoms with Gasteiger partial charge in [0.1, 0.15) is 29.9 Å². The highest BCUT2D eigenvalue weighted by Crippen LogP contribution is 2.64. The highest BCUT2D eigenvalue weighted by atomic mass is 16.6. The number of carbonyl (C=O) groups excluding carboxylic acids is 4. The summed E-state index contributed by atoms with van der Waals surface area (Å²) in [5.74, 6) is 3.37. The largest absolute Gasteiger partial charge is 0.491 e. The van der Waals surface area contributed by atoms with Crippen LogP contribution >= 0.6 is 0 Å². The van der Waals surface area contributed by atoms with Crippen molar-refractivity contribution in [2.75, 3.05) is 31.6 Å². The number of esters is 1. The fourth-order valence-electron chi connectivity index (χ4n) is 8.17. The number of aliphatic hydroxyl groups excluding tert-OH is 1. The van der Waals surface area contributed by atoms with Crippen LogP contribution in [0.3, 0.4) is 0 Å². The molecule has 6 N–H and O–H groups in total. The Balaban J connectivity index is 1.53.